The van der Waals surface area contributed by atoms with E-state index in [1.807, 2.05) is 0 Å². The Bertz CT molecular complexity index is 376. The highest BCUT2D eigenvalue weighted by Crippen LogP contribution is 2.11. The van der Waals surface area contributed by atoms with Crippen LogP contribution in [0.15, 0.2) is 40.9 Å². The first-order valence-electron chi connectivity index (χ1n) is 4.21. The van der Waals surface area contributed by atoms with Crippen molar-refractivity contribution in [3.8, 4) is 0 Å². The van der Waals surface area contributed by atoms with Crippen molar-refractivity contribution in [3.63, 3.8) is 0 Å². The van der Waals surface area contributed by atoms with E-state index in [4.69, 9.17) is 15.8 Å². The minimum absolute atomic E-state index is 0.0688. The highest BCUT2D eigenvalue weighted by atomic mass is 19.1. The summed E-state index contributed by atoms with van der Waals surface area (Å²) in [6, 6.07) is 5.44. The third-order valence-electron chi connectivity index (χ3n) is 1.68. The first-order valence-corrected chi connectivity index (χ1v) is 4.21. The monoisotopic (exact) mass is 208 g/mol. The summed E-state index contributed by atoms with van der Waals surface area (Å²) < 4.78 is 12.5. The standard InChI is InChI=1S/C9H10BFN2O2/c11-8-1-3-9(4-2-8)13-6-7(5-12)10(14)15/h1-6,14-15H,12H2. The normalized spacial score (nSPS) is 12.1. The van der Waals surface area contributed by atoms with Crippen LogP contribution in [0, 0.1) is 5.82 Å². The number of aliphatic imine (C=N–C) groups is 1. The number of nitrogens with two attached hydrogens (primary N) is 1. The van der Waals surface area contributed by atoms with Gasteiger partial charge in [-0.1, -0.05) is 0 Å². The largest absolute Gasteiger partial charge is 0.491 e. The fraction of sp³-hybridized carbons (Fsp3) is 0. The van der Waals surface area contributed by atoms with Gasteiger partial charge in [0.2, 0.25) is 0 Å². The van der Waals surface area contributed by atoms with E-state index in [2.05, 4.69) is 4.99 Å². The Morgan fingerprint density at radius 1 is 1.33 bits per heavy atom. The summed E-state index contributed by atoms with van der Waals surface area (Å²) in [5.41, 5.74) is 5.69. The summed E-state index contributed by atoms with van der Waals surface area (Å²) in [7, 11) is -1.67. The molecule has 6 heteroatoms. The second kappa shape index (κ2) is 5.28. The number of benzene rings is 1. The lowest BCUT2D eigenvalue weighted by Crippen LogP contribution is -2.17. The van der Waals surface area contributed by atoms with Crippen molar-refractivity contribution in [1.29, 1.82) is 0 Å². The molecule has 0 amide bonds. The summed E-state index contributed by atoms with van der Waals surface area (Å²) in [5.74, 6) is -0.356. The molecule has 0 heterocycles. The number of nitrogens with zero attached hydrogens (tertiary/aromatic N) is 1. The molecule has 0 unspecified atom stereocenters. The van der Waals surface area contributed by atoms with Gasteiger partial charge in [-0.2, -0.15) is 0 Å². The molecule has 1 aromatic carbocycles. The van der Waals surface area contributed by atoms with Crippen molar-refractivity contribution in [3.05, 3.63) is 41.8 Å². The van der Waals surface area contributed by atoms with Crippen LogP contribution in [0.4, 0.5) is 10.1 Å². The Morgan fingerprint density at radius 3 is 2.40 bits per heavy atom. The maximum atomic E-state index is 12.5. The highest BCUT2D eigenvalue weighted by Gasteiger charge is 2.11. The first-order chi connectivity index (χ1) is 7.13. The van der Waals surface area contributed by atoms with E-state index >= 15 is 0 Å². The van der Waals surface area contributed by atoms with Crippen LogP contribution in [0.1, 0.15) is 0 Å². The summed E-state index contributed by atoms with van der Waals surface area (Å²) in [6.07, 6.45) is 2.25. The van der Waals surface area contributed by atoms with Gasteiger partial charge >= 0.3 is 7.12 Å². The minimum atomic E-state index is -1.67. The van der Waals surface area contributed by atoms with Gasteiger partial charge in [-0.3, -0.25) is 4.99 Å². The molecule has 0 fully saturated rings. The molecular weight excluding hydrogens is 198 g/mol. The van der Waals surface area contributed by atoms with E-state index in [1.165, 1.54) is 30.5 Å². The number of halogens is 1. The van der Waals surface area contributed by atoms with Crippen LogP contribution in [0.2, 0.25) is 0 Å². The molecule has 78 valence electrons. The lowest BCUT2D eigenvalue weighted by molar-refractivity contribution is 0.422. The fourth-order valence-electron chi connectivity index (χ4n) is 0.872. The molecule has 0 aromatic heterocycles. The molecule has 0 aliphatic rings. The minimum Gasteiger partial charge on any atom is -0.423 e. The van der Waals surface area contributed by atoms with E-state index in [0.717, 1.165) is 6.20 Å². The molecule has 0 spiro atoms. The van der Waals surface area contributed by atoms with Crippen molar-refractivity contribution >= 4 is 19.0 Å². The SMILES string of the molecule is NC=C(C=Nc1ccc(F)cc1)B(O)O. The number of rotatable bonds is 3. The van der Waals surface area contributed by atoms with Gasteiger partial charge in [-0.15, -0.1) is 0 Å². The van der Waals surface area contributed by atoms with E-state index in [1.54, 1.807) is 0 Å². The molecule has 0 saturated carbocycles. The van der Waals surface area contributed by atoms with Gasteiger partial charge in [0, 0.05) is 11.7 Å². The van der Waals surface area contributed by atoms with Crippen LogP contribution in [0.5, 0.6) is 0 Å². The third kappa shape index (κ3) is 3.53. The van der Waals surface area contributed by atoms with Crippen LogP contribution in [0.3, 0.4) is 0 Å². The maximum Gasteiger partial charge on any atom is 0.491 e. The Kier molecular flexibility index (Phi) is 4.02. The van der Waals surface area contributed by atoms with Crippen LogP contribution in [0.25, 0.3) is 0 Å². The predicted molar refractivity (Wildman–Crippen MR) is 57.0 cm³/mol. The molecule has 0 aliphatic carbocycles. The van der Waals surface area contributed by atoms with E-state index in [-0.39, 0.29) is 11.3 Å². The van der Waals surface area contributed by atoms with Gasteiger partial charge in [0.1, 0.15) is 5.82 Å². The molecule has 0 aliphatic heterocycles. The van der Waals surface area contributed by atoms with Crippen LogP contribution >= 0.6 is 0 Å². The van der Waals surface area contributed by atoms with Gasteiger partial charge < -0.3 is 15.8 Å². The van der Waals surface area contributed by atoms with E-state index in [9.17, 15) is 4.39 Å². The van der Waals surface area contributed by atoms with Gasteiger partial charge in [-0.05, 0) is 30.5 Å². The Hall–Kier alpha value is -1.66. The maximum absolute atomic E-state index is 12.5. The third-order valence-corrected chi connectivity index (χ3v) is 1.68. The van der Waals surface area contributed by atoms with Gasteiger partial charge in [-0.25, -0.2) is 4.39 Å². The van der Waals surface area contributed by atoms with Gasteiger partial charge in [0.05, 0.1) is 5.69 Å². The zero-order valence-corrected chi connectivity index (χ0v) is 7.84. The summed E-state index contributed by atoms with van der Waals surface area (Å²) in [5, 5.41) is 17.6. The van der Waals surface area contributed by atoms with Crippen LogP contribution < -0.4 is 5.73 Å². The fourth-order valence-corrected chi connectivity index (χ4v) is 0.872. The van der Waals surface area contributed by atoms with Crippen LogP contribution in [-0.2, 0) is 0 Å². The van der Waals surface area contributed by atoms with Crippen molar-refractivity contribution < 1.29 is 14.4 Å². The molecular formula is C9H10BFN2O2. The number of allylic oxidation sites excluding steroid dienone is 1. The summed E-state index contributed by atoms with van der Waals surface area (Å²) >= 11 is 0. The van der Waals surface area contributed by atoms with Crippen molar-refractivity contribution in [2.75, 3.05) is 0 Å². The Morgan fingerprint density at radius 2 is 1.93 bits per heavy atom. The van der Waals surface area contributed by atoms with Gasteiger partial charge in [0.15, 0.2) is 0 Å². The second-order valence-corrected chi connectivity index (χ2v) is 2.77. The average Bonchev–Trinajstić information content (AvgIpc) is 2.21. The molecule has 0 saturated heterocycles. The molecule has 0 atom stereocenters. The molecule has 0 bridgehead atoms. The van der Waals surface area contributed by atoms with Crippen molar-refractivity contribution in [2.45, 2.75) is 0 Å². The zero-order valence-electron chi connectivity index (χ0n) is 7.84. The summed E-state index contributed by atoms with van der Waals surface area (Å²) in [6.45, 7) is 0. The second-order valence-electron chi connectivity index (χ2n) is 2.77. The topological polar surface area (TPSA) is 78.8 Å². The number of hydrogen-bond donors (Lipinski definition) is 3. The molecule has 4 N–H and O–H groups in total. The Labute approximate surface area is 86.7 Å². The van der Waals surface area contributed by atoms with Gasteiger partial charge in [0.25, 0.3) is 0 Å². The lowest BCUT2D eigenvalue weighted by atomic mass is 9.81. The quantitative estimate of drug-likeness (QED) is 0.496. The zero-order chi connectivity index (χ0) is 11.3. The van der Waals surface area contributed by atoms with E-state index < -0.39 is 7.12 Å². The highest BCUT2D eigenvalue weighted by molar-refractivity contribution is 6.57. The molecule has 1 aromatic rings. The molecule has 0 radical (unpaired) electrons. The van der Waals surface area contributed by atoms with Crippen molar-refractivity contribution in [2.24, 2.45) is 10.7 Å². The first kappa shape index (κ1) is 11.4. The van der Waals surface area contributed by atoms with Crippen molar-refractivity contribution in [1.82, 2.24) is 0 Å². The average molecular weight is 208 g/mol. The molecule has 4 nitrogen and oxygen atoms in total. The molecule has 1 rings (SSSR count). The summed E-state index contributed by atoms with van der Waals surface area (Å²) in [4.78, 5) is 3.88. The Balaban J connectivity index is 2.77. The van der Waals surface area contributed by atoms with E-state index in [0.29, 0.717) is 5.69 Å². The predicted octanol–water partition coefficient (Wildman–Crippen LogP) is 0.383. The van der Waals surface area contributed by atoms with Crippen LogP contribution in [-0.4, -0.2) is 23.4 Å². The lowest BCUT2D eigenvalue weighted by Gasteiger charge is -1.97. The smallest absolute Gasteiger partial charge is 0.423 e. The molecule has 15 heavy (non-hydrogen) atoms. The number of hydrogen-bond acceptors (Lipinski definition) is 4.